The molecule has 0 radical (unpaired) electrons. The minimum absolute atomic E-state index is 0.0874. The topological polar surface area (TPSA) is 84.5 Å². The Morgan fingerprint density at radius 1 is 1.24 bits per heavy atom. The molecule has 9 heteroatoms. The predicted octanol–water partition coefficient (Wildman–Crippen LogP) is 3.04. The lowest BCUT2D eigenvalue weighted by molar-refractivity contribution is 0.0952. The van der Waals surface area contributed by atoms with Crippen LogP contribution in [0.5, 0.6) is 5.75 Å². The number of anilines is 1. The van der Waals surface area contributed by atoms with E-state index in [0.29, 0.717) is 6.54 Å². The van der Waals surface area contributed by atoms with Gasteiger partial charge in [-0.05, 0) is 43.3 Å². The van der Waals surface area contributed by atoms with Crippen LogP contribution in [0.15, 0.2) is 41.3 Å². The summed E-state index contributed by atoms with van der Waals surface area (Å²) in [6.45, 7) is 2.12. The Kier molecular flexibility index (Phi) is 5.86. The zero-order chi connectivity index (χ0) is 18.6. The average molecular weight is 387 g/mol. The Balaban J connectivity index is 2.40. The molecule has 0 spiro atoms. The maximum absolute atomic E-state index is 13.2. The van der Waals surface area contributed by atoms with Crippen LogP contribution in [0.25, 0.3) is 0 Å². The Hall–Kier alpha value is -2.32. The zero-order valence-electron chi connectivity index (χ0n) is 13.5. The lowest BCUT2D eigenvalue weighted by Crippen LogP contribution is -2.24. The van der Waals surface area contributed by atoms with E-state index in [1.807, 2.05) is 0 Å². The van der Waals surface area contributed by atoms with Crippen molar-refractivity contribution >= 4 is 33.2 Å². The first-order chi connectivity index (χ1) is 11.8. The predicted molar refractivity (Wildman–Crippen MR) is 93.2 cm³/mol. The average Bonchev–Trinajstić information content (AvgIpc) is 2.57. The summed E-state index contributed by atoms with van der Waals surface area (Å²) < 4.78 is 45.6. The quantitative estimate of drug-likeness (QED) is 0.799. The highest BCUT2D eigenvalue weighted by molar-refractivity contribution is 7.92. The van der Waals surface area contributed by atoms with Crippen LogP contribution in [0, 0.1) is 5.82 Å². The van der Waals surface area contributed by atoms with Gasteiger partial charge in [0.15, 0.2) is 0 Å². The molecular weight excluding hydrogens is 371 g/mol. The van der Waals surface area contributed by atoms with Crippen molar-refractivity contribution in [3.05, 3.63) is 52.8 Å². The normalized spacial score (nSPS) is 11.0. The molecule has 2 aromatic rings. The summed E-state index contributed by atoms with van der Waals surface area (Å²) in [7, 11) is -2.63. The number of carbonyl (C=O) groups excluding carboxylic acids is 1. The highest BCUT2D eigenvalue weighted by Crippen LogP contribution is 2.25. The number of hydrogen-bond donors (Lipinski definition) is 2. The smallest absolute Gasteiger partial charge is 0.261 e. The molecule has 0 fully saturated rings. The summed E-state index contributed by atoms with van der Waals surface area (Å²) in [6.07, 6.45) is 0. The van der Waals surface area contributed by atoms with Crippen molar-refractivity contribution in [1.82, 2.24) is 5.32 Å². The van der Waals surface area contributed by atoms with Gasteiger partial charge in [0, 0.05) is 6.54 Å². The van der Waals surface area contributed by atoms with Gasteiger partial charge in [-0.15, -0.1) is 0 Å². The molecule has 0 atom stereocenters. The molecule has 0 heterocycles. The third kappa shape index (κ3) is 4.40. The Morgan fingerprint density at radius 2 is 1.96 bits per heavy atom. The number of halogens is 2. The van der Waals surface area contributed by atoms with Gasteiger partial charge in [-0.3, -0.25) is 9.52 Å². The summed E-state index contributed by atoms with van der Waals surface area (Å²) >= 11 is 5.65. The van der Waals surface area contributed by atoms with Gasteiger partial charge in [-0.2, -0.15) is 0 Å². The van der Waals surface area contributed by atoms with E-state index in [2.05, 4.69) is 10.0 Å². The minimum Gasteiger partial charge on any atom is -0.496 e. The summed E-state index contributed by atoms with van der Waals surface area (Å²) in [4.78, 5) is 11.9. The zero-order valence-corrected chi connectivity index (χ0v) is 15.0. The molecule has 0 aliphatic rings. The molecule has 0 saturated heterocycles. The van der Waals surface area contributed by atoms with Crippen molar-refractivity contribution in [2.45, 2.75) is 11.8 Å². The van der Waals surface area contributed by atoms with E-state index in [-0.39, 0.29) is 26.9 Å². The van der Waals surface area contributed by atoms with E-state index < -0.39 is 21.7 Å². The summed E-state index contributed by atoms with van der Waals surface area (Å²) in [5.74, 6) is -0.872. The van der Waals surface area contributed by atoms with E-state index >= 15 is 0 Å². The van der Waals surface area contributed by atoms with E-state index in [9.17, 15) is 17.6 Å². The second-order valence-electron chi connectivity index (χ2n) is 4.96. The first kappa shape index (κ1) is 19.0. The van der Waals surface area contributed by atoms with E-state index in [0.717, 1.165) is 12.1 Å². The van der Waals surface area contributed by atoms with Gasteiger partial charge in [0.25, 0.3) is 15.9 Å². The van der Waals surface area contributed by atoms with Gasteiger partial charge in [-0.25, -0.2) is 12.8 Å². The molecule has 2 N–H and O–H groups in total. The fourth-order valence-corrected chi connectivity index (χ4v) is 3.32. The molecule has 1 amide bonds. The summed E-state index contributed by atoms with van der Waals surface area (Å²) in [5.41, 5.74) is 0.186. The van der Waals surface area contributed by atoms with Crippen LogP contribution >= 0.6 is 11.6 Å². The third-order valence-electron chi connectivity index (χ3n) is 3.24. The van der Waals surface area contributed by atoms with Crippen molar-refractivity contribution in [3.8, 4) is 5.75 Å². The minimum atomic E-state index is -4.01. The highest BCUT2D eigenvalue weighted by atomic mass is 35.5. The van der Waals surface area contributed by atoms with Crippen LogP contribution in [-0.4, -0.2) is 28.0 Å². The first-order valence-corrected chi connectivity index (χ1v) is 9.08. The lowest BCUT2D eigenvalue weighted by atomic mass is 10.2. The SMILES string of the molecule is CCNC(=O)c1cc(S(=O)(=O)Nc2ccc(F)c(Cl)c2)ccc1OC. The number of methoxy groups -OCH3 is 1. The van der Waals surface area contributed by atoms with Crippen molar-refractivity contribution in [1.29, 1.82) is 0 Å². The Labute approximate surface area is 150 Å². The number of ether oxygens (including phenoxy) is 1. The van der Waals surface area contributed by atoms with Gasteiger partial charge in [0.2, 0.25) is 0 Å². The van der Waals surface area contributed by atoms with Crippen molar-refractivity contribution in [2.24, 2.45) is 0 Å². The first-order valence-electron chi connectivity index (χ1n) is 7.22. The van der Waals surface area contributed by atoms with Crippen LogP contribution in [0.2, 0.25) is 5.02 Å². The standard InChI is InChI=1S/C16H16ClFN2O4S/c1-3-19-16(21)12-9-11(5-7-15(12)24-2)25(22,23)20-10-4-6-14(18)13(17)8-10/h4-9,20H,3H2,1-2H3,(H,19,21). The molecule has 2 aromatic carbocycles. The Morgan fingerprint density at radius 3 is 2.56 bits per heavy atom. The number of carbonyl (C=O) groups is 1. The van der Waals surface area contributed by atoms with Crippen LogP contribution < -0.4 is 14.8 Å². The second-order valence-corrected chi connectivity index (χ2v) is 7.05. The number of amides is 1. The highest BCUT2D eigenvalue weighted by Gasteiger charge is 2.20. The monoisotopic (exact) mass is 386 g/mol. The van der Waals surface area contributed by atoms with Gasteiger partial charge in [0.1, 0.15) is 11.6 Å². The van der Waals surface area contributed by atoms with Gasteiger partial charge < -0.3 is 10.1 Å². The molecule has 2 rings (SSSR count). The molecule has 0 bridgehead atoms. The molecule has 0 aromatic heterocycles. The molecule has 0 aliphatic heterocycles. The molecule has 0 saturated carbocycles. The molecule has 134 valence electrons. The number of rotatable bonds is 6. The van der Waals surface area contributed by atoms with Crippen LogP contribution in [-0.2, 0) is 10.0 Å². The van der Waals surface area contributed by atoms with Crippen molar-refractivity contribution in [2.75, 3.05) is 18.4 Å². The molecule has 25 heavy (non-hydrogen) atoms. The van der Waals surface area contributed by atoms with E-state index in [4.69, 9.17) is 16.3 Å². The third-order valence-corrected chi connectivity index (χ3v) is 4.90. The van der Waals surface area contributed by atoms with Crippen LogP contribution in [0.4, 0.5) is 10.1 Å². The maximum atomic E-state index is 13.2. The van der Waals surface area contributed by atoms with Crippen molar-refractivity contribution in [3.63, 3.8) is 0 Å². The number of sulfonamides is 1. The molecule has 6 nitrogen and oxygen atoms in total. The van der Waals surface area contributed by atoms with Gasteiger partial charge >= 0.3 is 0 Å². The summed E-state index contributed by atoms with van der Waals surface area (Å²) in [5, 5.41) is 2.38. The fraction of sp³-hybridized carbons (Fsp3) is 0.188. The van der Waals surface area contributed by atoms with Gasteiger partial charge in [-0.1, -0.05) is 11.6 Å². The van der Waals surface area contributed by atoms with E-state index in [1.54, 1.807) is 6.92 Å². The number of hydrogen-bond acceptors (Lipinski definition) is 4. The largest absolute Gasteiger partial charge is 0.496 e. The fourth-order valence-electron chi connectivity index (χ4n) is 2.06. The second kappa shape index (κ2) is 7.71. The molecular formula is C16H16ClFN2O4S. The maximum Gasteiger partial charge on any atom is 0.261 e. The van der Waals surface area contributed by atoms with Gasteiger partial charge in [0.05, 0.1) is 28.3 Å². The lowest BCUT2D eigenvalue weighted by Gasteiger charge is -2.12. The molecule has 0 unspecified atom stereocenters. The van der Waals surface area contributed by atoms with Crippen LogP contribution in [0.1, 0.15) is 17.3 Å². The Bertz CT molecular complexity index is 903. The van der Waals surface area contributed by atoms with E-state index in [1.165, 1.54) is 31.4 Å². The number of benzene rings is 2. The van der Waals surface area contributed by atoms with Crippen molar-refractivity contribution < 1.29 is 22.3 Å². The summed E-state index contributed by atoms with van der Waals surface area (Å²) in [6, 6.07) is 7.34. The number of nitrogens with one attached hydrogen (secondary N) is 2. The van der Waals surface area contributed by atoms with Crippen LogP contribution in [0.3, 0.4) is 0 Å². The molecule has 0 aliphatic carbocycles.